The molecule has 0 N–H and O–H groups in total. The van der Waals surface area contributed by atoms with Crippen molar-refractivity contribution in [1.29, 1.82) is 0 Å². The van der Waals surface area contributed by atoms with E-state index < -0.39 is 0 Å². The van der Waals surface area contributed by atoms with Crippen LogP contribution in [0.5, 0.6) is 0 Å². The zero-order valence-electron chi connectivity index (χ0n) is 10.7. The smallest absolute Gasteiger partial charge is 0.193 e. The number of thiazole rings is 1. The first-order valence-corrected chi connectivity index (χ1v) is 7.58. The maximum atomic E-state index is 6.32. The molecule has 1 atom stereocenters. The van der Waals surface area contributed by atoms with Crippen LogP contribution in [0.2, 0.25) is 0 Å². The van der Waals surface area contributed by atoms with Crippen molar-refractivity contribution in [2.24, 2.45) is 5.41 Å². The van der Waals surface area contributed by atoms with Gasteiger partial charge in [0.15, 0.2) is 4.96 Å². The molecule has 4 heteroatoms. The first-order valence-electron chi connectivity index (χ1n) is 6.27. The zero-order chi connectivity index (χ0) is 12.8. The Morgan fingerprint density at radius 1 is 1.56 bits per heavy atom. The lowest BCUT2D eigenvalue weighted by Crippen LogP contribution is -2.22. The molecule has 0 amide bonds. The molecule has 1 aliphatic rings. The van der Waals surface area contributed by atoms with Crippen molar-refractivity contribution >= 4 is 27.9 Å². The second-order valence-corrected chi connectivity index (χ2v) is 7.32. The van der Waals surface area contributed by atoms with Gasteiger partial charge in [-0.05, 0) is 18.3 Å². The van der Waals surface area contributed by atoms with Gasteiger partial charge in [0, 0.05) is 24.2 Å². The van der Waals surface area contributed by atoms with Crippen molar-refractivity contribution in [3.63, 3.8) is 0 Å². The molecule has 1 aliphatic carbocycles. The summed E-state index contributed by atoms with van der Waals surface area (Å²) in [5.41, 5.74) is 2.89. The van der Waals surface area contributed by atoms with Gasteiger partial charge in [0.1, 0.15) is 0 Å². The van der Waals surface area contributed by atoms with Crippen LogP contribution in [0, 0.1) is 5.41 Å². The van der Waals surface area contributed by atoms with Gasteiger partial charge >= 0.3 is 0 Å². The monoisotopic (exact) mass is 280 g/mol. The third-order valence-corrected chi connectivity index (χ3v) is 4.47. The minimum Gasteiger partial charge on any atom is -0.297 e. The van der Waals surface area contributed by atoms with Crippen molar-refractivity contribution in [3.05, 3.63) is 35.1 Å². The van der Waals surface area contributed by atoms with Gasteiger partial charge in [-0.3, -0.25) is 4.40 Å². The molecular formula is C14H17ClN2S. The summed E-state index contributed by atoms with van der Waals surface area (Å²) < 4.78 is 2.09. The fourth-order valence-corrected chi connectivity index (χ4v) is 4.12. The number of aromatic nitrogens is 2. The Hall–Kier alpha value is -0.800. The summed E-state index contributed by atoms with van der Waals surface area (Å²) in [6.07, 6.45) is 9.52. The summed E-state index contributed by atoms with van der Waals surface area (Å²) in [7, 11) is 0. The van der Waals surface area contributed by atoms with Gasteiger partial charge < -0.3 is 0 Å². The fraction of sp³-hybridized carbons (Fsp3) is 0.500. The molecule has 1 unspecified atom stereocenters. The highest BCUT2D eigenvalue weighted by molar-refractivity contribution is 7.15. The molecule has 0 spiro atoms. The van der Waals surface area contributed by atoms with Crippen molar-refractivity contribution in [3.8, 4) is 0 Å². The lowest BCUT2D eigenvalue weighted by Gasteiger charge is -2.32. The number of alkyl halides is 1. The summed E-state index contributed by atoms with van der Waals surface area (Å²) in [4.78, 5) is 5.71. The molecule has 96 valence electrons. The largest absolute Gasteiger partial charge is 0.297 e. The predicted molar refractivity (Wildman–Crippen MR) is 77.5 cm³/mol. The van der Waals surface area contributed by atoms with Crippen molar-refractivity contribution in [2.45, 2.75) is 38.5 Å². The number of rotatable bonds is 2. The third kappa shape index (κ3) is 2.47. The van der Waals surface area contributed by atoms with Crippen LogP contribution in [-0.4, -0.2) is 14.8 Å². The van der Waals surface area contributed by atoms with E-state index >= 15 is 0 Å². The lowest BCUT2D eigenvalue weighted by atomic mass is 9.76. The van der Waals surface area contributed by atoms with E-state index in [1.54, 1.807) is 11.3 Å². The van der Waals surface area contributed by atoms with Crippen LogP contribution in [0.1, 0.15) is 32.4 Å². The first-order chi connectivity index (χ1) is 8.52. The lowest BCUT2D eigenvalue weighted by molar-refractivity contribution is 0.320. The second kappa shape index (κ2) is 4.39. The van der Waals surface area contributed by atoms with E-state index in [0.717, 1.165) is 29.9 Å². The van der Waals surface area contributed by atoms with E-state index in [9.17, 15) is 0 Å². The molecule has 0 aliphatic heterocycles. The van der Waals surface area contributed by atoms with Gasteiger partial charge in [-0.1, -0.05) is 25.5 Å². The highest BCUT2D eigenvalue weighted by atomic mass is 35.5. The average molecular weight is 281 g/mol. The third-order valence-electron chi connectivity index (χ3n) is 3.42. The molecule has 0 bridgehead atoms. The molecule has 0 saturated heterocycles. The number of allylic oxidation sites excluding steroid dienone is 2. The number of nitrogens with zero attached hydrogens (tertiary/aromatic N) is 2. The maximum Gasteiger partial charge on any atom is 0.193 e. The van der Waals surface area contributed by atoms with Crippen molar-refractivity contribution < 1.29 is 0 Å². The SMILES string of the molecule is CC1(C)CC(Cc2cn3ccsc3n2)=CC(Cl)C1. The summed E-state index contributed by atoms with van der Waals surface area (Å²) in [6.45, 7) is 4.59. The molecule has 18 heavy (non-hydrogen) atoms. The van der Waals surface area contributed by atoms with Crippen LogP contribution >= 0.6 is 22.9 Å². The Labute approximate surface area is 116 Å². The topological polar surface area (TPSA) is 17.3 Å². The highest BCUT2D eigenvalue weighted by Crippen LogP contribution is 2.38. The average Bonchev–Trinajstić information content (AvgIpc) is 2.73. The maximum absolute atomic E-state index is 6.32. The quantitative estimate of drug-likeness (QED) is 0.592. The van der Waals surface area contributed by atoms with E-state index in [-0.39, 0.29) is 5.38 Å². The number of fused-ring (bicyclic) bond motifs is 1. The summed E-state index contributed by atoms with van der Waals surface area (Å²) in [6, 6.07) is 0. The van der Waals surface area contributed by atoms with Crippen molar-refractivity contribution in [2.75, 3.05) is 0 Å². The number of imidazole rings is 1. The molecule has 0 saturated carbocycles. The number of hydrogen-bond donors (Lipinski definition) is 0. The van der Waals surface area contributed by atoms with Crippen LogP contribution in [-0.2, 0) is 6.42 Å². The van der Waals surface area contributed by atoms with Crippen LogP contribution in [0.3, 0.4) is 0 Å². The molecule has 2 heterocycles. The summed E-state index contributed by atoms with van der Waals surface area (Å²) >= 11 is 8.00. The molecule has 0 fully saturated rings. The van der Waals surface area contributed by atoms with E-state index in [1.807, 2.05) is 0 Å². The summed E-state index contributed by atoms with van der Waals surface area (Å²) in [5, 5.41) is 2.23. The molecule has 2 aromatic rings. The summed E-state index contributed by atoms with van der Waals surface area (Å²) in [5.74, 6) is 0. The van der Waals surface area contributed by atoms with Gasteiger partial charge in [-0.25, -0.2) is 4.98 Å². The number of hydrogen-bond acceptors (Lipinski definition) is 2. The second-order valence-electron chi connectivity index (χ2n) is 5.89. The van der Waals surface area contributed by atoms with Crippen molar-refractivity contribution in [1.82, 2.24) is 9.38 Å². The van der Waals surface area contributed by atoms with E-state index in [0.29, 0.717) is 5.41 Å². The Morgan fingerprint density at radius 3 is 3.11 bits per heavy atom. The van der Waals surface area contributed by atoms with Gasteiger partial charge in [0.2, 0.25) is 0 Å². The predicted octanol–water partition coefficient (Wildman–Crippen LogP) is 4.29. The standard InChI is InChI=1S/C14H17ClN2S/c1-14(2)7-10(5-11(15)8-14)6-12-9-17-3-4-18-13(17)16-12/h3-5,9,11H,6-8H2,1-2H3. The van der Waals surface area contributed by atoms with Gasteiger partial charge in [-0.2, -0.15) is 0 Å². The van der Waals surface area contributed by atoms with Gasteiger partial charge in [-0.15, -0.1) is 22.9 Å². The molecule has 3 rings (SSSR count). The Bertz CT molecular complexity index is 565. The normalized spacial score (nSPS) is 23.3. The van der Waals surface area contributed by atoms with Crippen LogP contribution in [0.15, 0.2) is 29.4 Å². The minimum atomic E-state index is 0.174. The molecule has 2 aromatic heterocycles. The van der Waals surface area contributed by atoms with Gasteiger partial charge in [0.25, 0.3) is 0 Å². The van der Waals surface area contributed by atoms with Crippen LogP contribution < -0.4 is 0 Å². The van der Waals surface area contributed by atoms with E-state index in [1.165, 1.54) is 5.57 Å². The van der Waals surface area contributed by atoms with E-state index in [2.05, 4.69) is 47.1 Å². The van der Waals surface area contributed by atoms with Crippen LogP contribution in [0.25, 0.3) is 4.96 Å². The Kier molecular flexibility index (Phi) is 2.99. The molecule has 0 aromatic carbocycles. The highest BCUT2D eigenvalue weighted by Gasteiger charge is 2.27. The number of halogens is 1. The first kappa shape index (κ1) is 12.2. The van der Waals surface area contributed by atoms with E-state index in [4.69, 9.17) is 11.6 Å². The van der Waals surface area contributed by atoms with Gasteiger partial charge in [0.05, 0.1) is 11.1 Å². The minimum absolute atomic E-state index is 0.174. The molecule has 0 radical (unpaired) electrons. The molecular weight excluding hydrogens is 264 g/mol. The zero-order valence-corrected chi connectivity index (χ0v) is 12.3. The van der Waals surface area contributed by atoms with Crippen LogP contribution in [0.4, 0.5) is 0 Å². The fourth-order valence-electron chi connectivity index (χ4n) is 2.80. The Morgan fingerprint density at radius 2 is 2.39 bits per heavy atom. The Balaban J connectivity index is 1.82. The molecule has 2 nitrogen and oxygen atoms in total.